The molecule has 0 bridgehead atoms. The van der Waals surface area contributed by atoms with Gasteiger partial charge in [0.2, 0.25) is 0 Å². The van der Waals surface area contributed by atoms with Gasteiger partial charge in [0.15, 0.2) is 16.6 Å². The lowest BCUT2D eigenvalue weighted by atomic mass is 10.2. The minimum Gasteiger partial charge on any atom is -0.417 e. The Morgan fingerprint density at radius 2 is 1.14 bits per heavy atom. The maximum atomic E-state index is 6.04. The van der Waals surface area contributed by atoms with E-state index in [0.29, 0.717) is 5.04 Å². The standard InChI is InChI=1S/2C11H25ClOSi/c1-11(2,3)14(4,5)13-10-8-6-7-9-12;1-11(2)10-14(3,4)13-9-7-5-6-8-12/h6-10H2,1-5H3;11H,5-10H2,1-4H3. The number of hydrogen-bond donors (Lipinski definition) is 0. The van der Waals surface area contributed by atoms with Gasteiger partial charge >= 0.3 is 0 Å². The Kier molecular flexibility index (Phi) is 18.5. The molecule has 0 unspecified atom stereocenters. The van der Waals surface area contributed by atoms with Crippen molar-refractivity contribution in [2.45, 2.75) is 110 Å². The molecule has 28 heavy (non-hydrogen) atoms. The first-order valence-corrected chi connectivity index (χ1v) is 18.3. The molecule has 172 valence electrons. The molecule has 2 nitrogen and oxygen atoms in total. The number of hydrogen-bond acceptors (Lipinski definition) is 2. The molecule has 6 heteroatoms. The van der Waals surface area contributed by atoms with E-state index in [1.807, 2.05) is 0 Å². The lowest BCUT2D eigenvalue weighted by Gasteiger charge is -2.36. The third-order valence-corrected chi connectivity index (χ3v) is 13.1. The van der Waals surface area contributed by atoms with Crippen LogP contribution in [0.2, 0.25) is 37.3 Å². The van der Waals surface area contributed by atoms with Gasteiger partial charge in [-0.2, -0.15) is 0 Å². The van der Waals surface area contributed by atoms with Crippen LogP contribution in [0, 0.1) is 5.92 Å². The molecule has 0 atom stereocenters. The molecule has 0 rings (SSSR count). The van der Waals surface area contributed by atoms with Crippen molar-refractivity contribution in [2.75, 3.05) is 25.0 Å². The average molecular weight is 474 g/mol. The average Bonchev–Trinajstić information content (AvgIpc) is 2.52. The smallest absolute Gasteiger partial charge is 0.191 e. The van der Waals surface area contributed by atoms with Crippen molar-refractivity contribution in [1.29, 1.82) is 0 Å². The molecule has 0 aliphatic rings. The van der Waals surface area contributed by atoms with Crippen molar-refractivity contribution in [3.05, 3.63) is 0 Å². The van der Waals surface area contributed by atoms with E-state index in [4.69, 9.17) is 32.1 Å². The minimum atomic E-state index is -1.50. The van der Waals surface area contributed by atoms with Gasteiger partial charge in [0.1, 0.15) is 0 Å². The van der Waals surface area contributed by atoms with Crippen LogP contribution in [-0.2, 0) is 8.85 Å². The van der Waals surface area contributed by atoms with Gasteiger partial charge in [-0.15, -0.1) is 23.2 Å². The van der Waals surface area contributed by atoms with Crippen molar-refractivity contribution in [3.8, 4) is 0 Å². The second-order valence-corrected chi connectivity index (χ2v) is 20.1. The highest BCUT2D eigenvalue weighted by molar-refractivity contribution is 6.74. The Bertz CT molecular complexity index is 357. The van der Waals surface area contributed by atoms with Gasteiger partial charge in [0, 0.05) is 25.0 Å². The maximum absolute atomic E-state index is 6.04. The minimum absolute atomic E-state index is 0.333. The van der Waals surface area contributed by atoms with Crippen molar-refractivity contribution in [2.24, 2.45) is 5.92 Å². The van der Waals surface area contributed by atoms with Gasteiger partial charge in [-0.05, 0) is 68.9 Å². The van der Waals surface area contributed by atoms with Crippen LogP contribution in [0.1, 0.15) is 73.1 Å². The summed E-state index contributed by atoms with van der Waals surface area (Å²) in [6.45, 7) is 22.4. The molecule has 0 aromatic rings. The zero-order valence-corrected chi connectivity index (χ0v) is 23.9. The molecule has 0 saturated carbocycles. The fourth-order valence-corrected chi connectivity index (χ4v) is 6.93. The number of rotatable bonds is 14. The lowest BCUT2D eigenvalue weighted by Crippen LogP contribution is -2.40. The van der Waals surface area contributed by atoms with E-state index in [2.05, 4.69) is 60.8 Å². The molecule has 0 aromatic carbocycles. The van der Waals surface area contributed by atoms with Crippen molar-refractivity contribution in [3.63, 3.8) is 0 Å². The zero-order chi connectivity index (χ0) is 22.3. The van der Waals surface area contributed by atoms with E-state index in [0.717, 1.165) is 50.2 Å². The normalized spacial score (nSPS) is 12.9. The van der Waals surface area contributed by atoms with Crippen LogP contribution in [-0.4, -0.2) is 41.6 Å². The van der Waals surface area contributed by atoms with Gasteiger partial charge in [-0.25, -0.2) is 0 Å². The maximum Gasteiger partial charge on any atom is 0.191 e. The van der Waals surface area contributed by atoms with E-state index >= 15 is 0 Å². The molecule has 0 aromatic heterocycles. The Morgan fingerprint density at radius 3 is 1.50 bits per heavy atom. The van der Waals surface area contributed by atoms with Gasteiger partial charge in [-0.3, -0.25) is 0 Å². The third-order valence-electron chi connectivity index (χ3n) is 5.22. The van der Waals surface area contributed by atoms with Crippen molar-refractivity contribution >= 4 is 39.8 Å². The lowest BCUT2D eigenvalue weighted by molar-refractivity contribution is 0.279. The first-order chi connectivity index (χ1) is 12.8. The Labute approximate surface area is 189 Å². The highest BCUT2D eigenvalue weighted by atomic mass is 35.5. The largest absolute Gasteiger partial charge is 0.417 e. The fourth-order valence-electron chi connectivity index (χ4n) is 2.68. The SMILES string of the molecule is CC(C)(C)[Si](C)(C)OCCCCCCl.CC(C)C[Si](C)(C)OCCCCCCl. The number of alkyl halides is 2. The summed E-state index contributed by atoms with van der Waals surface area (Å²) in [7, 11) is -2.86. The Hall–Kier alpha value is 0.934. The van der Waals surface area contributed by atoms with Crippen LogP contribution in [0.15, 0.2) is 0 Å². The van der Waals surface area contributed by atoms with E-state index in [1.165, 1.54) is 25.3 Å². The monoisotopic (exact) mass is 472 g/mol. The molecule has 0 spiro atoms. The van der Waals surface area contributed by atoms with Gasteiger partial charge < -0.3 is 8.85 Å². The topological polar surface area (TPSA) is 18.5 Å². The Morgan fingerprint density at radius 1 is 0.714 bits per heavy atom. The van der Waals surface area contributed by atoms with E-state index in [9.17, 15) is 0 Å². The number of halogens is 2. The van der Waals surface area contributed by atoms with Gasteiger partial charge in [0.05, 0.1) is 0 Å². The zero-order valence-electron chi connectivity index (χ0n) is 20.4. The first kappa shape index (κ1) is 31.1. The molecule has 0 amide bonds. The Balaban J connectivity index is 0. The van der Waals surface area contributed by atoms with Gasteiger partial charge in [0.25, 0.3) is 0 Å². The molecule has 0 fully saturated rings. The fraction of sp³-hybridized carbons (Fsp3) is 1.00. The first-order valence-electron chi connectivity index (χ1n) is 11.2. The summed E-state index contributed by atoms with van der Waals surface area (Å²) in [5.74, 6) is 2.33. The van der Waals surface area contributed by atoms with E-state index in [-0.39, 0.29) is 0 Å². The highest BCUT2D eigenvalue weighted by Gasteiger charge is 2.36. The molecule has 0 N–H and O–H groups in total. The second kappa shape index (κ2) is 16.6. The molecule has 0 aliphatic carbocycles. The van der Waals surface area contributed by atoms with Crippen molar-refractivity contribution in [1.82, 2.24) is 0 Å². The van der Waals surface area contributed by atoms with Crippen LogP contribution in [0.3, 0.4) is 0 Å². The van der Waals surface area contributed by atoms with E-state index < -0.39 is 16.6 Å². The molecule has 0 saturated heterocycles. The second-order valence-electron chi connectivity index (χ2n) is 10.3. The van der Waals surface area contributed by atoms with Crippen LogP contribution in [0.25, 0.3) is 0 Å². The highest BCUT2D eigenvalue weighted by Crippen LogP contribution is 2.36. The predicted octanol–water partition coefficient (Wildman–Crippen LogP) is 8.69. The summed E-state index contributed by atoms with van der Waals surface area (Å²) >= 11 is 11.2. The summed E-state index contributed by atoms with van der Waals surface area (Å²) < 4.78 is 12.0. The van der Waals surface area contributed by atoms with Crippen LogP contribution in [0.4, 0.5) is 0 Å². The van der Waals surface area contributed by atoms with Crippen LogP contribution < -0.4 is 0 Å². The molecule has 0 radical (unpaired) electrons. The van der Waals surface area contributed by atoms with Gasteiger partial charge in [-0.1, -0.05) is 47.5 Å². The van der Waals surface area contributed by atoms with E-state index in [1.54, 1.807) is 0 Å². The van der Waals surface area contributed by atoms with Crippen LogP contribution in [0.5, 0.6) is 0 Å². The van der Waals surface area contributed by atoms with Crippen LogP contribution >= 0.6 is 23.2 Å². The third kappa shape index (κ3) is 18.9. The quantitative estimate of drug-likeness (QED) is 0.143. The molecular weight excluding hydrogens is 423 g/mol. The summed E-state index contributed by atoms with van der Waals surface area (Å²) in [6.07, 6.45) is 6.95. The summed E-state index contributed by atoms with van der Waals surface area (Å²) in [5, 5.41) is 0.333. The summed E-state index contributed by atoms with van der Waals surface area (Å²) in [4.78, 5) is 0. The molecule has 0 heterocycles. The summed E-state index contributed by atoms with van der Waals surface area (Å²) in [5.41, 5.74) is 0. The van der Waals surface area contributed by atoms with Crippen molar-refractivity contribution < 1.29 is 8.85 Å². The number of unbranched alkanes of at least 4 members (excludes halogenated alkanes) is 4. The molecule has 0 aliphatic heterocycles. The summed E-state index contributed by atoms with van der Waals surface area (Å²) in [6, 6.07) is 1.27. The molecular formula is C22H50Cl2O2Si2. The predicted molar refractivity (Wildman–Crippen MR) is 135 cm³/mol.